The van der Waals surface area contributed by atoms with Crippen LogP contribution in [0.1, 0.15) is 12.5 Å². The highest BCUT2D eigenvalue weighted by Crippen LogP contribution is 2.33. The van der Waals surface area contributed by atoms with Crippen molar-refractivity contribution in [3.8, 4) is 17.2 Å². The number of urea groups is 1. The highest BCUT2D eigenvalue weighted by atomic mass is 16.5. The minimum absolute atomic E-state index is 0.0818. The molecule has 0 bridgehead atoms. The van der Waals surface area contributed by atoms with Crippen molar-refractivity contribution in [1.29, 1.82) is 0 Å². The number of hydrogen-bond donors (Lipinski definition) is 1. The summed E-state index contributed by atoms with van der Waals surface area (Å²) in [5.74, 6) is 2.17. The topological polar surface area (TPSA) is 63.3 Å². The van der Waals surface area contributed by atoms with Gasteiger partial charge in [-0.2, -0.15) is 0 Å². The van der Waals surface area contributed by atoms with Crippen molar-refractivity contribution in [2.45, 2.75) is 19.6 Å². The highest BCUT2D eigenvalue weighted by Gasteiger charge is 2.26. The molecule has 29 heavy (non-hydrogen) atoms. The van der Waals surface area contributed by atoms with E-state index in [-0.39, 0.29) is 12.1 Å². The van der Waals surface area contributed by atoms with Gasteiger partial charge < -0.3 is 29.3 Å². The van der Waals surface area contributed by atoms with E-state index in [4.69, 9.17) is 14.2 Å². The molecular weight excluding hydrogens is 370 g/mol. The standard InChI is InChI=1S/C22H29N3O4/c1-5-25-15-17(29-19-9-7-6-8-18(19)25)14-24(2)22(26)23-13-16-10-11-20(27-3)21(12-16)28-4/h6-12,17H,5,13-15H2,1-4H3,(H,23,26)/t17-/m1/s1. The molecule has 1 heterocycles. The number of para-hydroxylation sites is 2. The maximum absolute atomic E-state index is 12.6. The Bertz CT molecular complexity index is 843. The lowest BCUT2D eigenvalue weighted by molar-refractivity contribution is 0.145. The number of benzene rings is 2. The number of carbonyl (C=O) groups is 1. The molecule has 0 aliphatic carbocycles. The van der Waals surface area contributed by atoms with Gasteiger partial charge in [0, 0.05) is 20.1 Å². The quantitative estimate of drug-likeness (QED) is 0.775. The number of amides is 2. The number of nitrogens with one attached hydrogen (secondary N) is 1. The molecule has 1 aliphatic heterocycles. The molecule has 2 aromatic carbocycles. The molecule has 2 aromatic rings. The second-order valence-corrected chi connectivity index (χ2v) is 6.97. The van der Waals surface area contributed by atoms with Crippen LogP contribution in [0, 0.1) is 0 Å². The zero-order valence-electron chi connectivity index (χ0n) is 17.5. The molecule has 1 atom stereocenters. The second-order valence-electron chi connectivity index (χ2n) is 6.97. The smallest absolute Gasteiger partial charge is 0.317 e. The van der Waals surface area contributed by atoms with Gasteiger partial charge >= 0.3 is 6.03 Å². The Labute approximate surface area is 172 Å². The van der Waals surface area contributed by atoms with E-state index < -0.39 is 0 Å². The fourth-order valence-corrected chi connectivity index (χ4v) is 3.47. The fourth-order valence-electron chi connectivity index (χ4n) is 3.47. The van der Waals surface area contributed by atoms with Gasteiger partial charge in [-0.1, -0.05) is 18.2 Å². The van der Waals surface area contributed by atoms with Crippen LogP contribution in [0.4, 0.5) is 10.5 Å². The molecule has 0 radical (unpaired) electrons. The normalized spacial score (nSPS) is 15.2. The van der Waals surface area contributed by atoms with E-state index in [0.29, 0.717) is 24.6 Å². The lowest BCUT2D eigenvalue weighted by Crippen LogP contribution is -2.48. The van der Waals surface area contributed by atoms with E-state index in [0.717, 1.165) is 30.1 Å². The van der Waals surface area contributed by atoms with Crippen molar-refractivity contribution in [3.63, 3.8) is 0 Å². The maximum atomic E-state index is 12.6. The summed E-state index contributed by atoms with van der Waals surface area (Å²) in [7, 11) is 4.97. The van der Waals surface area contributed by atoms with Gasteiger partial charge in [0.1, 0.15) is 11.9 Å². The van der Waals surface area contributed by atoms with Gasteiger partial charge in [0.05, 0.1) is 33.0 Å². The van der Waals surface area contributed by atoms with Gasteiger partial charge in [-0.05, 0) is 36.8 Å². The molecule has 1 aliphatic rings. The monoisotopic (exact) mass is 399 g/mol. The van der Waals surface area contributed by atoms with Gasteiger partial charge in [0.25, 0.3) is 0 Å². The molecule has 0 unspecified atom stereocenters. The maximum Gasteiger partial charge on any atom is 0.317 e. The Hall–Kier alpha value is -3.09. The van der Waals surface area contributed by atoms with Crippen LogP contribution in [-0.2, 0) is 6.54 Å². The Balaban J connectivity index is 1.56. The summed E-state index contributed by atoms with van der Waals surface area (Å²) in [5.41, 5.74) is 2.04. The van der Waals surface area contributed by atoms with E-state index in [1.807, 2.05) is 36.4 Å². The number of carbonyl (C=O) groups excluding carboxylic acids is 1. The van der Waals surface area contributed by atoms with Crippen LogP contribution < -0.4 is 24.4 Å². The molecule has 0 spiro atoms. The Morgan fingerprint density at radius 2 is 1.97 bits per heavy atom. The number of likely N-dealkylation sites (N-methyl/N-ethyl adjacent to an activating group) is 2. The van der Waals surface area contributed by atoms with E-state index >= 15 is 0 Å². The van der Waals surface area contributed by atoms with Crippen LogP contribution >= 0.6 is 0 Å². The summed E-state index contributed by atoms with van der Waals surface area (Å²) in [6.07, 6.45) is -0.0818. The first-order valence-electron chi connectivity index (χ1n) is 9.76. The highest BCUT2D eigenvalue weighted by molar-refractivity contribution is 5.74. The fraction of sp³-hybridized carbons (Fsp3) is 0.409. The van der Waals surface area contributed by atoms with Gasteiger partial charge in [-0.3, -0.25) is 0 Å². The lowest BCUT2D eigenvalue weighted by Gasteiger charge is -2.37. The number of fused-ring (bicyclic) bond motifs is 1. The first kappa shape index (κ1) is 20.6. The van der Waals surface area contributed by atoms with Crippen LogP contribution in [0.2, 0.25) is 0 Å². The van der Waals surface area contributed by atoms with Crippen molar-refractivity contribution in [2.24, 2.45) is 0 Å². The molecule has 3 rings (SSSR count). The molecule has 0 fully saturated rings. The second kappa shape index (κ2) is 9.41. The summed E-state index contributed by atoms with van der Waals surface area (Å²) < 4.78 is 16.7. The molecule has 1 N–H and O–H groups in total. The predicted molar refractivity (Wildman–Crippen MR) is 113 cm³/mol. The van der Waals surface area contributed by atoms with Gasteiger partial charge in [0.15, 0.2) is 11.5 Å². The summed E-state index contributed by atoms with van der Waals surface area (Å²) in [6.45, 7) is 4.67. The van der Waals surface area contributed by atoms with Crippen LogP contribution in [0.5, 0.6) is 17.2 Å². The van der Waals surface area contributed by atoms with Crippen LogP contribution in [-0.4, -0.2) is 57.9 Å². The first-order chi connectivity index (χ1) is 14.0. The zero-order chi connectivity index (χ0) is 20.8. The average Bonchev–Trinajstić information content (AvgIpc) is 2.76. The number of hydrogen-bond acceptors (Lipinski definition) is 5. The van der Waals surface area contributed by atoms with Gasteiger partial charge in [0.2, 0.25) is 0 Å². The number of rotatable bonds is 7. The average molecular weight is 399 g/mol. The number of anilines is 1. The van der Waals surface area contributed by atoms with E-state index in [9.17, 15) is 4.79 Å². The van der Waals surface area contributed by atoms with Crippen LogP contribution in [0.3, 0.4) is 0 Å². The molecule has 7 heteroatoms. The Morgan fingerprint density at radius 1 is 1.21 bits per heavy atom. The molecule has 2 amide bonds. The minimum atomic E-state index is -0.148. The van der Waals surface area contributed by atoms with Gasteiger partial charge in [-0.25, -0.2) is 4.79 Å². The summed E-state index contributed by atoms with van der Waals surface area (Å²) in [5, 5.41) is 2.94. The zero-order valence-corrected chi connectivity index (χ0v) is 17.5. The number of methoxy groups -OCH3 is 2. The number of nitrogens with zero attached hydrogens (tertiary/aromatic N) is 2. The third-order valence-electron chi connectivity index (χ3n) is 5.02. The molecule has 156 valence electrons. The van der Waals surface area contributed by atoms with E-state index in [2.05, 4.69) is 23.2 Å². The Morgan fingerprint density at radius 3 is 2.69 bits per heavy atom. The van der Waals surface area contributed by atoms with E-state index in [1.165, 1.54) is 0 Å². The van der Waals surface area contributed by atoms with Crippen LogP contribution in [0.25, 0.3) is 0 Å². The van der Waals surface area contributed by atoms with Crippen LogP contribution in [0.15, 0.2) is 42.5 Å². The Kier molecular flexibility index (Phi) is 6.69. The first-order valence-corrected chi connectivity index (χ1v) is 9.76. The minimum Gasteiger partial charge on any atom is -0.493 e. The van der Waals surface area contributed by atoms with Crippen molar-refractivity contribution in [2.75, 3.05) is 45.8 Å². The van der Waals surface area contributed by atoms with Gasteiger partial charge in [-0.15, -0.1) is 0 Å². The number of ether oxygens (including phenoxy) is 3. The largest absolute Gasteiger partial charge is 0.493 e. The summed E-state index contributed by atoms with van der Waals surface area (Å²) in [6, 6.07) is 13.5. The molecule has 7 nitrogen and oxygen atoms in total. The lowest BCUT2D eigenvalue weighted by atomic mass is 10.2. The van der Waals surface area contributed by atoms with Crippen molar-refractivity contribution in [1.82, 2.24) is 10.2 Å². The molecule has 0 saturated heterocycles. The van der Waals surface area contributed by atoms with Crippen molar-refractivity contribution >= 4 is 11.7 Å². The molecule has 0 aromatic heterocycles. The third-order valence-corrected chi connectivity index (χ3v) is 5.02. The van der Waals surface area contributed by atoms with E-state index in [1.54, 1.807) is 26.2 Å². The summed E-state index contributed by atoms with van der Waals surface area (Å²) in [4.78, 5) is 16.5. The summed E-state index contributed by atoms with van der Waals surface area (Å²) >= 11 is 0. The predicted octanol–water partition coefficient (Wildman–Crippen LogP) is 3.13. The SMILES string of the molecule is CCN1C[C@@H](CN(C)C(=O)NCc2ccc(OC)c(OC)c2)Oc2ccccc21. The van der Waals surface area contributed by atoms with Crippen molar-refractivity contribution in [3.05, 3.63) is 48.0 Å². The molecule has 0 saturated carbocycles. The third kappa shape index (κ3) is 4.85. The molecular formula is C22H29N3O4. The van der Waals surface area contributed by atoms with Crippen molar-refractivity contribution < 1.29 is 19.0 Å².